The predicted molar refractivity (Wildman–Crippen MR) is 102 cm³/mol. The maximum absolute atomic E-state index is 12.7. The first-order chi connectivity index (χ1) is 12.1. The Bertz CT molecular complexity index is 838. The smallest absolute Gasteiger partial charge is 0.270 e. The number of H-pyrrole nitrogens is 1. The third kappa shape index (κ3) is 3.20. The van der Waals surface area contributed by atoms with Crippen molar-refractivity contribution in [1.29, 1.82) is 0 Å². The molecular formula is C17H19N3O3S2. The molecule has 1 aromatic heterocycles. The third-order valence-electron chi connectivity index (χ3n) is 4.62. The van der Waals surface area contributed by atoms with E-state index in [1.807, 2.05) is 16.4 Å². The fourth-order valence-electron chi connectivity index (χ4n) is 3.37. The minimum absolute atomic E-state index is 0.0922. The van der Waals surface area contributed by atoms with E-state index >= 15 is 0 Å². The van der Waals surface area contributed by atoms with E-state index in [4.69, 9.17) is 0 Å². The largest absolute Gasteiger partial charge is 0.508 e. The van der Waals surface area contributed by atoms with Crippen LogP contribution in [0, 0.1) is 0 Å². The maximum atomic E-state index is 12.7. The molecule has 2 aliphatic heterocycles. The van der Waals surface area contributed by atoms with Crippen molar-refractivity contribution in [3.63, 3.8) is 0 Å². The Labute approximate surface area is 153 Å². The van der Waals surface area contributed by atoms with E-state index in [1.165, 1.54) is 11.8 Å². The van der Waals surface area contributed by atoms with Crippen LogP contribution in [0.15, 0.2) is 29.1 Å². The van der Waals surface area contributed by atoms with Gasteiger partial charge in [0.05, 0.1) is 22.6 Å². The lowest BCUT2D eigenvalue weighted by Gasteiger charge is -2.24. The lowest BCUT2D eigenvalue weighted by Crippen LogP contribution is -2.22. The molecule has 6 nitrogen and oxygen atoms in total. The molecular weight excluding hydrogens is 358 g/mol. The van der Waals surface area contributed by atoms with E-state index in [9.17, 15) is 14.7 Å². The van der Waals surface area contributed by atoms with Crippen molar-refractivity contribution in [1.82, 2.24) is 9.78 Å². The molecule has 0 unspecified atom stereocenters. The standard InChI is InChI=1S/C17H19N3O3S2/c21-12-3-1-10(2-4-12)15-14-16(18-13(22)9-25-15)20(19-17(14)23)11-5-7-24-8-6-11/h1-4,11,15,21H,5-9H2,(H,18,22)(H,19,23)/t15-/m0/s1. The molecule has 2 aliphatic rings. The van der Waals surface area contributed by atoms with Crippen LogP contribution in [-0.2, 0) is 4.79 Å². The van der Waals surface area contributed by atoms with E-state index in [-0.39, 0.29) is 28.5 Å². The Morgan fingerprint density at radius 1 is 1.12 bits per heavy atom. The number of carbonyl (C=O) groups is 1. The molecule has 0 radical (unpaired) electrons. The Balaban J connectivity index is 1.81. The van der Waals surface area contributed by atoms with E-state index in [0.29, 0.717) is 17.1 Å². The Hall–Kier alpha value is -1.80. The normalized spacial score (nSPS) is 21.4. The first-order valence-electron chi connectivity index (χ1n) is 8.26. The van der Waals surface area contributed by atoms with Crippen LogP contribution in [0.4, 0.5) is 5.82 Å². The topological polar surface area (TPSA) is 87.1 Å². The second-order valence-corrected chi connectivity index (χ2v) is 8.57. The molecule has 25 heavy (non-hydrogen) atoms. The number of aromatic amines is 1. The van der Waals surface area contributed by atoms with Crippen LogP contribution in [0.2, 0.25) is 0 Å². The summed E-state index contributed by atoms with van der Waals surface area (Å²) in [5.41, 5.74) is 1.35. The number of aromatic nitrogens is 2. The number of rotatable bonds is 2. The average molecular weight is 377 g/mol. The van der Waals surface area contributed by atoms with Crippen molar-refractivity contribution in [3.8, 4) is 5.75 Å². The summed E-state index contributed by atoms with van der Waals surface area (Å²) in [6.45, 7) is 0. The van der Waals surface area contributed by atoms with Gasteiger partial charge in [-0.1, -0.05) is 12.1 Å². The number of benzene rings is 1. The molecule has 1 atom stereocenters. The molecule has 8 heteroatoms. The first-order valence-corrected chi connectivity index (χ1v) is 10.5. The molecule has 3 N–H and O–H groups in total. The van der Waals surface area contributed by atoms with E-state index < -0.39 is 0 Å². The van der Waals surface area contributed by atoms with Crippen LogP contribution in [-0.4, -0.2) is 38.1 Å². The predicted octanol–water partition coefficient (Wildman–Crippen LogP) is 2.72. The van der Waals surface area contributed by atoms with Crippen molar-refractivity contribution in [3.05, 3.63) is 45.7 Å². The number of aromatic hydroxyl groups is 1. The number of phenolic OH excluding ortho intramolecular Hbond substituents is 1. The zero-order valence-corrected chi connectivity index (χ0v) is 15.2. The lowest BCUT2D eigenvalue weighted by atomic mass is 10.1. The fourth-order valence-corrected chi connectivity index (χ4v) is 5.58. The first kappa shape index (κ1) is 16.7. The number of nitrogens with zero attached hydrogens (tertiary/aromatic N) is 1. The van der Waals surface area contributed by atoms with Gasteiger partial charge in [0.25, 0.3) is 5.56 Å². The van der Waals surface area contributed by atoms with Gasteiger partial charge in [-0.3, -0.25) is 19.4 Å². The number of thioether (sulfide) groups is 2. The van der Waals surface area contributed by atoms with E-state index in [1.54, 1.807) is 24.3 Å². The highest BCUT2D eigenvalue weighted by Gasteiger charge is 2.32. The van der Waals surface area contributed by atoms with Gasteiger partial charge in [0.2, 0.25) is 5.91 Å². The number of phenols is 1. The maximum Gasteiger partial charge on any atom is 0.270 e. The van der Waals surface area contributed by atoms with Crippen LogP contribution in [0.5, 0.6) is 5.75 Å². The van der Waals surface area contributed by atoms with Crippen molar-refractivity contribution in [2.75, 3.05) is 22.6 Å². The third-order valence-corrected chi connectivity index (χ3v) is 6.93. The molecule has 1 saturated heterocycles. The van der Waals surface area contributed by atoms with Gasteiger partial charge >= 0.3 is 0 Å². The lowest BCUT2D eigenvalue weighted by molar-refractivity contribution is -0.113. The quantitative estimate of drug-likeness (QED) is 0.749. The fraction of sp³-hybridized carbons (Fsp3) is 0.412. The minimum atomic E-state index is -0.238. The number of fused-ring (bicyclic) bond motifs is 1. The van der Waals surface area contributed by atoms with Gasteiger partial charge in [0.15, 0.2) is 0 Å². The molecule has 0 saturated carbocycles. The number of carbonyl (C=O) groups excluding carboxylic acids is 1. The van der Waals surface area contributed by atoms with Gasteiger partial charge < -0.3 is 10.4 Å². The molecule has 132 valence electrons. The number of hydrogen-bond donors (Lipinski definition) is 3. The van der Waals surface area contributed by atoms with Crippen LogP contribution >= 0.6 is 23.5 Å². The Morgan fingerprint density at radius 3 is 2.56 bits per heavy atom. The molecule has 4 rings (SSSR count). The summed E-state index contributed by atoms with van der Waals surface area (Å²) < 4.78 is 1.87. The molecule has 3 heterocycles. The van der Waals surface area contributed by atoms with Gasteiger partial charge in [-0.2, -0.15) is 11.8 Å². The molecule has 1 fully saturated rings. The Kier molecular flexibility index (Phi) is 4.56. The number of hydrogen-bond acceptors (Lipinski definition) is 5. The number of anilines is 1. The summed E-state index contributed by atoms with van der Waals surface area (Å²) in [7, 11) is 0. The van der Waals surface area contributed by atoms with Gasteiger partial charge in [0, 0.05) is 0 Å². The highest BCUT2D eigenvalue weighted by Crippen LogP contribution is 2.41. The molecule has 2 aromatic rings. The number of amides is 1. The van der Waals surface area contributed by atoms with Crippen molar-refractivity contribution < 1.29 is 9.90 Å². The molecule has 0 aliphatic carbocycles. The van der Waals surface area contributed by atoms with Crippen LogP contribution in [0.3, 0.4) is 0 Å². The minimum Gasteiger partial charge on any atom is -0.508 e. The molecule has 1 amide bonds. The highest BCUT2D eigenvalue weighted by molar-refractivity contribution is 8.00. The Morgan fingerprint density at radius 2 is 1.84 bits per heavy atom. The summed E-state index contributed by atoms with van der Waals surface area (Å²) >= 11 is 3.36. The second kappa shape index (κ2) is 6.84. The molecule has 0 spiro atoms. The van der Waals surface area contributed by atoms with Crippen molar-refractivity contribution in [2.24, 2.45) is 0 Å². The summed E-state index contributed by atoms with van der Waals surface area (Å²) in [6.07, 6.45) is 1.96. The highest BCUT2D eigenvalue weighted by atomic mass is 32.2. The summed E-state index contributed by atoms with van der Waals surface area (Å²) in [5.74, 6) is 3.11. The van der Waals surface area contributed by atoms with Crippen LogP contribution < -0.4 is 10.9 Å². The average Bonchev–Trinajstić information content (AvgIpc) is 2.83. The van der Waals surface area contributed by atoms with Gasteiger partial charge in [-0.25, -0.2) is 0 Å². The summed E-state index contributed by atoms with van der Waals surface area (Å²) in [4.78, 5) is 25.0. The summed E-state index contributed by atoms with van der Waals surface area (Å²) in [6, 6.07) is 7.04. The molecule has 1 aromatic carbocycles. The zero-order valence-electron chi connectivity index (χ0n) is 13.5. The second-order valence-electron chi connectivity index (χ2n) is 6.25. The van der Waals surface area contributed by atoms with Crippen molar-refractivity contribution >= 4 is 35.2 Å². The number of nitrogens with one attached hydrogen (secondary N) is 2. The van der Waals surface area contributed by atoms with Crippen molar-refractivity contribution in [2.45, 2.75) is 24.1 Å². The SMILES string of the molecule is O=C1CS[C@@H](c2ccc(O)cc2)c2c(n(C3CCSCC3)[nH]c2=O)N1. The molecule has 0 bridgehead atoms. The summed E-state index contributed by atoms with van der Waals surface area (Å²) in [5, 5.41) is 15.2. The van der Waals surface area contributed by atoms with Gasteiger partial charge in [0.1, 0.15) is 11.6 Å². The zero-order chi connectivity index (χ0) is 17.4. The monoisotopic (exact) mass is 377 g/mol. The van der Waals surface area contributed by atoms with E-state index in [0.717, 1.165) is 29.9 Å². The van der Waals surface area contributed by atoms with Crippen LogP contribution in [0.1, 0.15) is 35.3 Å². The van der Waals surface area contributed by atoms with Crippen LogP contribution in [0.25, 0.3) is 0 Å². The van der Waals surface area contributed by atoms with Gasteiger partial charge in [-0.05, 0) is 42.0 Å². The van der Waals surface area contributed by atoms with Gasteiger partial charge in [-0.15, -0.1) is 11.8 Å². The van der Waals surface area contributed by atoms with E-state index in [2.05, 4.69) is 10.4 Å².